The van der Waals surface area contributed by atoms with Gasteiger partial charge in [0.05, 0.1) is 10.6 Å². The Kier molecular flexibility index (Phi) is 11.8. The van der Waals surface area contributed by atoms with Crippen molar-refractivity contribution in [1.82, 2.24) is 10.2 Å². The molecule has 1 N–H and O–H groups in total. The maximum Gasteiger partial charge on any atom is 0.264 e. The number of hydrogen-bond acceptors (Lipinski definition) is 4. The van der Waals surface area contributed by atoms with Gasteiger partial charge in [-0.05, 0) is 66.4 Å². The Labute approximate surface area is 279 Å². The molecule has 1 atom stereocenters. The molecule has 0 aromatic heterocycles. The summed E-state index contributed by atoms with van der Waals surface area (Å²) in [5.41, 5.74) is 2.71. The van der Waals surface area contributed by atoms with Gasteiger partial charge in [-0.15, -0.1) is 0 Å². The predicted octanol–water partition coefficient (Wildman–Crippen LogP) is 7.02. The lowest BCUT2D eigenvalue weighted by Gasteiger charge is -2.34. The van der Waals surface area contributed by atoms with Crippen LogP contribution in [0.1, 0.15) is 30.5 Å². The first-order valence-corrected chi connectivity index (χ1v) is 17.3. The third-order valence-corrected chi connectivity index (χ3v) is 9.94. The number of anilines is 1. The number of nitrogens with one attached hydrogen (secondary N) is 1. The number of carbonyl (C=O) groups is 2. The van der Waals surface area contributed by atoms with Gasteiger partial charge < -0.3 is 10.2 Å². The van der Waals surface area contributed by atoms with Crippen LogP contribution in [0.25, 0.3) is 0 Å². The molecule has 10 heteroatoms. The van der Waals surface area contributed by atoms with Crippen molar-refractivity contribution < 1.29 is 18.0 Å². The third kappa shape index (κ3) is 9.19. The van der Waals surface area contributed by atoms with Gasteiger partial charge in [-0.25, -0.2) is 8.42 Å². The number of hydrogen-bond donors (Lipinski definition) is 1. The maximum absolute atomic E-state index is 14.5. The van der Waals surface area contributed by atoms with Gasteiger partial charge >= 0.3 is 0 Å². The minimum Gasteiger partial charge on any atom is -0.354 e. The molecule has 4 aromatic rings. The number of amides is 2. The number of nitrogens with zero attached hydrogens (tertiary/aromatic N) is 2. The van der Waals surface area contributed by atoms with Gasteiger partial charge in [0.25, 0.3) is 10.0 Å². The first kappa shape index (κ1) is 34.2. The van der Waals surface area contributed by atoms with Crippen LogP contribution in [0.2, 0.25) is 5.02 Å². The summed E-state index contributed by atoms with van der Waals surface area (Å²) in [6.07, 6.45) is 0.226. The van der Waals surface area contributed by atoms with E-state index in [9.17, 15) is 18.0 Å². The topological polar surface area (TPSA) is 86.8 Å². The summed E-state index contributed by atoms with van der Waals surface area (Å²) in [7, 11) is -4.18. The van der Waals surface area contributed by atoms with E-state index in [2.05, 4.69) is 21.2 Å². The van der Waals surface area contributed by atoms with E-state index < -0.39 is 28.5 Å². The highest BCUT2D eigenvalue weighted by atomic mass is 79.9. The number of rotatable bonds is 13. The average molecular weight is 711 g/mol. The summed E-state index contributed by atoms with van der Waals surface area (Å²) in [4.78, 5) is 29.8. The van der Waals surface area contributed by atoms with Crippen LogP contribution < -0.4 is 9.62 Å². The Morgan fingerprint density at radius 1 is 0.867 bits per heavy atom. The molecule has 7 nitrogen and oxygen atoms in total. The fraction of sp³-hybridized carbons (Fsp3) is 0.257. The van der Waals surface area contributed by atoms with Crippen molar-refractivity contribution in [3.63, 3.8) is 0 Å². The molecular formula is C35H37BrClN3O4S. The van der Waals surface area contributed by atoms with Crippen molar-refractivity contribution in [2.45, 2.75) is 44.7 Å². The van der Waals surface area contributed by atoms with E-state index in [1.807, 2.05) is 57.2 Å². The molecule has 0 bridgehead atoms. The van der Waals surface area contributed by atoms with E-state index in [-0.39, 0.29) is 29.7 Å². The van der Waals surface area contributed by atoms with E-state index >= 15 is 0 Å². The Morgan fingerprint density at radius 2 is 1.49 bits per heavy atom. The Hall–Kier alpha value is -3.66. The molecule has 4 rings (SSSR count). The molecule has 0 saturated heterocycles. The zero-order valence-corrected chi connectivity index (χ0v) is 28.6. The first-order chi connectivity index (χ1) is 21.5. The summed E-state index contributed by atoms with van der Waals surface area (Å²) in [5.74, 6) is -0.690. The fourth-order valence-electron chi connectivity index (χ4n) is 4.76. The molecule has 45 heavy (non-hydrogen) atoms. The summed E-state index contributed by atoms with van der Waals surface area (Å²) in [6, 6.07) is 28.8. The number of halogens is 2. The standard InChI is InChI=1S/C35H37BrClN3O4S/c1-25(2)22-38-35(42)33(21-27-9-5-4-6-10-27)39(23-28-11-7-8-12-32(28)37)34(41)24-40(30-17-15-29(36)16-18-30)45(43,44)31-19-13-26(3)14-20-31/h4-20,25,33H,21-24H2,1-3H3,(H,38,42)/t33-/m1/s1. The molecule has 2 amide bonds. The van der Waals surface area contributed by atoms with E-state index in [0.717, 1.165) is 19.9 Å². The molecule has 0 saturated carbocycles. The molecule has 236 valence electrons. The maximum atomic E-state index is 14.5. The minimum absolute atomic E-state index is 0.00383. The second-order valence-corrected chi connectivity index (χ2v) is 14.4. The number of sulfonamides is 1. The summed E-state index contributed by atoms with van der Waals surface area (Å²) in [5, 5.41) is 3.43. The summed E-state index contributed by atoms with van der Waals surface area (Å²) >= 11 is 9.96. The Bertz CT molecular complexity index is 1700. The van der Waals surface area contributed by atoms with E-state index in [1.54, 1.807) is 54.6 Å². The second kappa shape index (κ2) is 15.6. The van der Waals surface area contributed by atoms with Gasteiger partial charge in [0.1, 0.15) is 12.6 Å². The van der Waals surface area contributed by atoms with Gasteiger partial charge in [0.2, 0.25) is 11.8 Å². The van der Waals surface area contributed by atoms with Crippen LogP contribution in [0.5, 0.6) is 0 Å². The van der Waals surface area contributed by atoms with Crippen LogP contribution in [0, 0.1) is 12.8 Å². The van der Waals surface area contributed by atoms with Gasteiger partial charge in [0, 0.05) is 29.0 Å². The SMILES string of the molecule is Cc1ccc(S(=O)(=O)N(CC(=O)N(Cc2ccccc2Cl)[C@H](Cc2ccccc2)C(=O)NCC(C)C)c2ccc(Br)cc2)cc1. The molecule has 4 aromatic carbocycles. The van der Waals surface area contributed by atoms with Crippen LogP contribution in [-0.4, -0.2) is 44.3 Å². The van der Waals surface area contributed by atoms with Crippen molar-refractivity contribution in [2.75, 3.05) is 17.4 Å². The van der Waals surface area contributed by atoms with Crippen molar-refractivity contribution in [1.29, 1.82) is 0 Å². The predicted molar refractivity (Wildman–Crippen MR) is 184 cm³/mol. The second-order valence-electron chi connectivity index (χ2n) is 11.3. The number of benzene rings is 4. The molecule has 0 spiro atoms. The lowest BCUT2D eigenvalue weighted by atomic mass is 10.0. The lowest BCUT2D eigenvalue weighted by molar-refractivity contribution is -0.140. The summed E-state index contributed by atoms with van der Waals surface area (Å²) in [6.45, 7) is 5.74. The van der Waals surface area contributed by atoms with Crippen LogP contribution in [0.4, 0.5) is 5.69 Å². The first-order valence-electron chi connectivity index (χ1n) is 14.6. The largest absolute Gasteiger partial charge is 0.354 e. The highest BCUT2D eigenvalue weighted by Crippen LogP contribution is 2.27. The van der Waals surface area contributed by atoms with E-state index in [0.29, 0.717) is 22.8 Å². The molecule has 0 radical (unpaired) electrons. The highest BCUT2D eigenvalue weighted by molar-refractivity contribution is 9.10. The average Bonchev–Trinajstić information content (AvgIpc) is 3.02. The van der Waals surface area contributed by atoms with Gasteiger partial charge in [0.15, 0.2) is 0 Å². The normalized spacial score (nSPS) is 12.0. The van der Waals surface area contributed by atoms with Crippen LogP contribution in [0.15, 0.2) is 112 Å². The molecule has 0 aliphatic rings. The zero-order chi connectivity index (χ0) is 32.6. The monoisotopic (exact) mass is 709 g/mol. The molecule has 0 aliphatic carbocycles. The van der Waals surface area contributed by atoms with E-state index in [1.165, 1.54) is 17.0 Å². The molecular weight excluding hydrogens is 674 g/mol. The molecule has 0 fully saturated rings. The number of aryl methyl sites for hydroxylation is 1. The van der Waals surface area contributed by atoms with Crippen molar-refractivity contribution in [3.8, 4) is 0 Å². The van der Waals surface area contributed by atoms with Crippen LogP contribution >= 0.6 is 27.5 Å². The summed E-state index contributed by atoms with van der Waals surface area (Å²) < 4.78 is 30.1. The molecule has 0 aliphatic heterocycles. The number of carbonyl (C=O) groups excluding carboxylic acids is 2. The van der Waals surface area contributed by atoms with E-state index in [4.69, 9.17) is 11.6 Å². The Morgan fingerprint density at radius 3 is 2.11 bits per heavy atom. The minimum atomic E-state index is -4.18. The zero-order valence-electron chi connectivity index (χ0n) is 25.5. The molecule has 0 unspecified atom stereocenters. The van der Waals surface area contributed by atoms with Crippen LogP contribution in [0.3, 0.4) is 0 Å². The smallest absolute Gasteiger partial charge is 0.264 e. The lowest BCUT2D eigenvalue weighted by Crippen LogP contribution is -2.53. The van der Waals surface area contributed by atoms with Gasteiger partial charge in [-0.3, -0.25) is 13.9 Å². The van der Waals surface area contributed by atoms with Crippen LogP contribution in [-0.2, 0) is 32.6 Å². The van der Waals surface area contributed by atoms with Gasteiger partial charge in [-0.2, -0.15) is 0 Å². The van der Waals surface area contributed by atoms with Crippen molar-refractivity contribution in [3.05, 3.63) is 129 Å². The van der Waals surface area contributed by atoms with Gasteiger partial charge in [-0.1, -0.05) is 108 Å². The quantitative estimate of drug-likeness (QED) is 0.162. The molecule has 0 heterocycles. The van der Waals surface area contributed by atoms with Crippen molar-refractivity contribution in [2.24, 2.45) is 5.92 Å². The Balaban J connectivity index is 1.80. The fourth-order valence-corrected chi connectivity index (χ4v) is 6.63. The third-order valence-electron chi connectivity index (χ3n) is 7.26. The highest BCUT2D eigenvalue weighted by Gasteiger charge is 2.35. The van der Waals surface area contributed by atoms with Crippen molar-refractivity contribution >= 4 is 55.1 Å².